The average Bonchev–Trinajstić information content (AvgIpc) is 3.14. The van der Waals surface area contributed by atoms with Gasteiger partial charge in [-0.25, -0.2) is 0 Å². The predicted octanol–water partition coefficient (Wildman–Crippen LogP) is 1.43. The van der Waals surface area contributed by atoms with Gasteiger partial charge in [-0.3, -0.25) is 4.79 Å². The second-order valence-electron chi connectivity index (χ2n) is 7.63. The number of piperazine rings is 1. The predicted molar refractivity (Wildman–Crippen MR) is 112 cm³/mol. The van der Waals surface area contributed by atoms with E-state index >= 15 is 0 Å². The molecule has 0 atom stereocenters. The summed E-state index contributed by atoms with van der Waals surface area (Å²) < 4.78 is 1.76. The summed E-state index contributed by atoms with van der Waals surface area (Å²) in [5.41, 5.74) is 3.01. The molecule has 29 heavy (non-hydrogen) atoms. The molecule has 3 aromatic rings. The summed E-state index contributed by atoms with van der Waals surface area (Å²) in [6, 6.07) is 12.1. The second kappa shape index (κ2) is 8.57. The number of carbonyl (C=O) groups is 1. The van der Waals surface area contributed by atoms with Gasteiger partial charge >= 0.3 is 0 Å². The Morgan fingerprint density at radius 3 is 2.55 bits per heavy atom. The van der Waals surface area contributed by atoms with E-state index in [-0.39, 0.29) is 5.91 Å². The van der Waals surface area contributed by atoms with Crippen LogP contribution < -0.4 is 10.2 Å². The number of aryl methyl sites for hydroxylation is 2. The Morgan fingerprint density at radius 2 is 1.79 bits per heavy atom. The molecule has 2 aromatic heterocycles. The first-order valence-electron chi connectivity index (χ1n) is 10.1. The molecule has 3 heterocycles. The third kappa shape index (κ3) is 4.71. The molecule has 1 amide bonds. The molecule has 8 nitrogen and oxygen atoms in total. The Kier molecular flexibility index (Phi) is 5.71. The van der Waals surface area contributed by atoms with Gasteiger partial charge in [0.15, 0.2) is 11.5 Å². The van der Waals surface area contributed by atoms with Crippen LogP contribution in [0.25, 0.3) is 5.65 Å². The Morgan fingerprint density at radius 1 is 1.03 bits per heavy atom. The third-order valence-corrected chi connectivity index (χ3v) is 5.33. The van der Waals surface area contributed by atoms with Crippen molar-refractivity contribution in [1.29, 1.82) is 0 Å². The Bertz CT molecular complexity index is 974. The van der Waals surface area contributed by atoms with Crippen LogP contribution in [0, 0.1) is 6.92 Å². The van der Waals surface area contributed by atoms with Crippen LogP contribution >= 0.6 is 0 Å². The molecule has 0 unspecified atom stereocenters. The van der Waals surface area contributed by atoms with E-state index in [0.29, 0.717) is 30.9 Å². The maximum atomic E-state index is 12.3. The lowest BCUT2D eigenvalue weighted by atomic mass is 10.1. The number of aromatic nitrogens is 4. The summed E-state index contributed by atoms with van der Waals surface area (Å²) in [6.45, 7) is 6.54. The first-order chi connectivity index (χ1) is 14.1. The van der Waals surface area contributed by atoms with Gasteiger partial charge in [0.05, 0.1) is 0 Å². The topological polar surface area (TPSA) is 78.7 Å². The van der Waals surface area contributed by atoms with Crippen molar-refractivity contribution >= 4 is 17.4 Å². The number of carbonyl (C=O) groups excluding carboxylic acids is 1. The smallest absolute Gasteiger partial charge is 0.220 e. The number of hydrogen-bond donors (Lipinski definition) is 1. The summed E-state index contributed by atoms with van der Waals surface area (Å²) in [6.07, 6.45) is 0.854. The highest BCUT2D eigenvalue weighted by atomic mass is 16.1. The fraction of sp³-hybridized carbons (Fsp3) is 0.429. The van der Waals surface area contributed by atoms with Crippen LogP contribution in [0.4, 0.5) is 5.82 Å². The molecule has 0 bridgehead atoms. The van der Waals surface area contributed by atoms with Crippen molar-refractivity contribution in [2.45, 2.75) is 26.3 Å². The van der Waals surface area contributed by atoms with E-state index in [2.05, 4.69) is 39.3 Å². The molecule has 0 saturated carbocycles. The van der Waals surface area contributed by atoms with E-state index in [1.807, 2.05) is 36.4 Å². The fourth-order valence-electron chi connectivity index (χ4n) is 3.40. The molecule has 4 rings (SSSR count). The molecule has 1 aliphatic heterocycles. The Hall–Kier alpha value is -3.00. The van der Waals surface area contributed by atoms with Gasteiger partial charge in [0, 0.05) is 45.6 Å². The molecule has 1 aliphatic rings. The second-order valence-corrected chi connectivity index (χ2v) is 7.63. The van der Waals surface area contributed by atoms with E-state index in [9.17, 15) is 4.79 Å². The molecule has 0 aliphatic carbocycles. The highest BCUT2D eigenvalue weighted by Gasteiger charge is 2.17. The van der Waals surface area contributed by atoms with Gasteiger partial charge in [-0.15, -0.1) is 15.3 Å². The molecule has 0 radical (unpaired) electrons. The summed E-state index contributed by atoms with van der Waals surface area (Å²) in [7, 11) is 2.13. The minimum Gasteiger partial charge on any atom is -0.353 e. The summed E-state index contributed by atoms with van der Waals surface area (Å²) in [5.74, 6) is 1.63. The number of benzene rings is 1. The Labute approximate surface area is 170 Å². The molecule has 0 spiro atoms. The number of rotatable bonds is 6. The quantitative estimate of drug-likeness (QED) is 0.683. The number of nitrogens with one attached hydrogen (secondary N) is 1. The van der Waals surface area contributed by atoms with E-state index in [1.165, 1.54) is 5.56 Å². The van der Waals surface area contributed by atoms with E-state index < -0.39 is 0 Å². The standard InChI is InChI=1S/C21H27N7O/c1-16-3-5-17(6-4-16)15-22-21(29)10-9-19-24-23-18-7-8-20(25-28(18)19)27-13-11-26(2)12-14-27/h3-8H,9-15H2,1-2H3,(H,22,29). The first-order valence-corrected chi connectivity index (χ1v) is 10.1. The Balaban J connectivity index is 1.36. The molecule has 8 heteroatoms. The van der Waals surface area contributed by atoms with Crippen LogP contribution in [0.1, 0.15) is 23.4 Å². The number of anilines is 1. The zero-order chi connectivity index (χ0) is 20.2. The van der Waals surface area contributed by atoms with Crippen LogP contribution in [0.15, 0.2) is 36.4 Å². The van der Waals surface area contributed by atoms with Gasteiger partial charge in [0.25, 0.3) is 0 Å². The zero-order valence-electron chi connectivity index (χ0n) is 17.0. The summed E-state index contributed by atoms with van der Waals surface area (Å²) in [4.78, 5) is 16.8. The minimum absolute atomic E-state index is 0.00227. The van der Waals surface area contributed by atoms with Crippen LogP contribution in [0.2, 0.25) is 0 Å². The maximum absolute atomic E-state index is 12.3. The molecule has 1 saturated heterocycles. The lowest BCUT2D eigenvalue weighted by Crippen LogP contribution is -2.45. The SMILES string of the molecule is Cc1ccc(CNC(=O)CCc2nnc3ccc(N4CCN(C)CC4)nn23)cc1. The summed E-state index contributed by atoms with van der Waals surface area (Å²) >= 11 is 0. The molecule has 1 N–H and O–H groups in total. The maximum Gasteiger partial charge on any atom is 0.220 e. The molecular formula is C21H27N7O. The average molecular weight is 393 g/mol. The largest absolute Gasteiger partial charge is 0.353 e. The van der Waals surface area contributed by atoms with Crippen LogP contribution in [-0.4, -0.2) is 63.8 Å². The number of likely N-dealkylation sites (N-methyl/N-ethyl adjacent to an activating group) is 1. The van der Waals surface area contributed by atoms with Gasteiger partial charge in [0.1, 0.15) is 5.82 Å². The van der Waals surface area contributed by atoms with Gasteiger partial charge in [0.2, 0.25) is 5.91 Å². The number of hydrogen-bond acceptors (Lipinski definition) is 6. The van der Waals surface area contributed by atoms with Crippen LogP contribution in [0.3, 0.4) is 0 Å². The van der Waals surface area contributed by atoms with Crippen molar-refractivity contribution < 1.29 is 4.79 Å². The van der Waals surface area contributed by atoms with Crippen molar-refractivity contribution in [2.75, 3.05) is 38.1 Å². The fourth-order valence-corrected chi connectivity index (χ4v) is 3.40. The van der Waals surface area contributed by atoms with Gasteiger partial charge in [-0.05, 0) is 31.7 Å². The molecule has 1 aromatic carbocycles. The van der Waals surface area contributed by atoms with Gasteiger partial charge < -0.3 is 15.1 Å². The normalized spacial score (nSPS) is 15.0. The van der Waals surface area contributed by atoms with Crippen molar-refractivity contribution in [2.24, 2.45) is 0 Å². The highest BCUT2D eigenvalue weighted by molar-refractivity contribution is 5.76. The van der Waals surface area contributed by atoms with Crippen LogP contribution in [0.5, 0.6) is 0 Å². The molecule has 1 fully saturated rings. The monoisotopic (exact) mass is 393 g/mol. The van der Waals surface area contributed by atoms with E-state index in [1.54, 1.807) is 4.52 Å². The van der Waals surface area contributed by atoms with Crippen molar-refractivity contribution in [3.8, 4) is 0 Å². The highest BCUT2D eigenvalue weighted by Crippen LogP contribution is 2.15. The number of fused-ring (bicyclic) bond motifs is 1. The minimum atomic E-state index is -0.00227. The molecular weight excluding hydrogens is 366 g/mol. The number of nitrogens with zero attached hydrogens (tertiary/aromatic N) is 6. The number of amides is 1. The first kappa shape index (κ1) is 19.3. The summed E-state index contributed by atoms with van der Waals surface area (Å²) in [5, 5.41) is 16.1. The van der Waals surface area contributed by atoms with Crippen molar-refractivity contribution in [1.82, 2.24) is 30.0 Å². The van der Waals surface area contributed by atoms with Gasteiger partial charge in [-0.2, -0.15) is 4.52 Å². The zero-order valence-corrected chi connectivity index (χ0v) is 17.0. The van der Waals surface area contributed by atoms with Crippen LogP contribution in [-0.2, 0) is 17.8 Å². The van der Waals surface area contributed by atoms with Gasteiger partial charge in [-0.1, -0.05) is 29.8 Å². The lowest BCUT2D eigenvalue weighted by Gasteiger charge is -2.33. The lowest BCUT2D eigenvalue weighted by molar-refractivity contribution is -0.121. The molecule has 152 valence electrons. The van der Waals surface area contributed by atoms with E-state index in [4.69, 9.17) is 5.10 Å². The van der Waals surface area contributed by atoms with E-state index in [0.717, 1.165) is 37.6 Å². The van der Waals surface area contributed by atoms with Crippen molar-refractivity contribution in [3.63, 3.8) is 0 Å². The third-order valence-electron chi connectivity index (χ3n) is 5.33. The van der Waals surface area contributed by atoms with Crippen molar-refractivity contribution in [3.05, 3.63) is 53.3 Å².